The molecule has 0 aliphatic rings. The summed E-state index contributed by atoms with van der Waals surface area (Å²) in [5.74, 6) is 1.87. The molecule has 0 atom stereocenters. The van der Waals surface area contributed by atoms with Crippen molar-refractivity contribution < 1.29 is 4.42 Å². The smallest absolute Gasteiger partial charge is 0.247 e. The van der Waals surface area contributed by atoms with Gasteiger partial charge in [0.1, 0.15) is 0 Å². The molecule has 0 aliphatic carbocycles. The van der Waals surface area contributed by atoms with Gasteiger partial charge in [0.25, 0.3) is 0 Å². The predicted molar refractivity (Wildman–Crippen MR) is 88.2 cm³/mol. The van der Waals surface area contributed by atoms with Gasteiger partial charge in [0, 0.05) is 14.9 Å². The zero-order valence-corrected chi connectivity index (χ0v) is 13.8. The number of rotatable bonds is 4. The molecule has 0 fully saturated rings. The lowest BCUT2D eigenvalue weighted by Gasteiger charge is -1.99. The minimum absolute atomic E-state index is 0.558. The van der Waals surface area contributed by atoms with Crippen molar-refractivity contribution in [2.45, 2.75) is 17.6 Å². The van der Waals surface area contributed by atoms with E-state index < -0.39 is 0 Å². The Morgan fingerprint density at radius 2 is 1.90 bits per heavy atom. The van der Waals surface area contributed by atoms with Crippen LogP contribution in [0.3, 0.4) is 0 Å². The Hall–Kier alpha value is -1.59. The Morgan fingerprint density at radius 1 is 1.10 bits per heavy atom. The SMILES string of the molecule is Cc1cccc(SCc2nnc(-c3ccc(Br)cc3)o2)c1. The van der Waals surface area contributed by atoms with Crippen molar-refractivity contribution in [1.82, 2.24) is 10.2 Å². The maximum atomic E-state index is 5.70. The lowest BCUT2D eigenvalue weighted by atomic mass is 10.2. The van der Waals surface area contributed by atoms with Gasteiger partial charge in [-0.25, -0.2) is 0 Å². The van der Waals surface area contributed by atoms with Crippen LogP contribution in [0.4, 0.5) is 0 Å². The van der Waals surface area contributed by atoms with Crippen LogP contribution in [-0.4, -0.2) is 10.2 Å². The summed E-state index contributed by atoms with van der Waals surface area (Å²) in [6.07, 6.45) is 0. The number of benzene rings is 2. The zero-order valence-electron chi connectivity index (χ0n) is 11.4. The Kier molecular flexibility index (Phi) is 4.41. The van der Waals surface area contributed by atoms with Gasteiger partial charge in [-0.2, -0.15) is 0 Å². The summed E-state index contributed by atoms with van der Waals surface area (Å²) in [7, 11) is 0. The van der Waals surface area contributed by atoms with Gasteiger partial charge < -0.3 is 4.42 Å². The molecule has 0 bridgehead atoms. The Bertz CT molecular complexity index is 740. The molecule has 3 nitrogen and oxygen atoms in total. The number of hydrogen-bond donors (Lipinski definition) is 0. The van der Waals surface area contributed by atoms with Crippen LogP contribution in [0.25, 0.3) is 11.5 Å². The van der Waals surface area contributed by atoms with Crippen LogP contribution in [0.15, 0.2) is 62.3 Å². The molecule has 0 aliphatic heterocycles. The second-order valence-electron chi connectivity index (χ2n) is 4.61. The summed E-state index contributed by atoms with van der Waals surface area (Å²) in [5.41, 5.74) is 2.18. The molecule has 0 saturated carbocycles. The van der Waals surface area contributed by atoms with E-state index in [2.05, 4.69) is 57.3 Å². The van der Waals surface area contributed by atoms with Crippen LogP contribution in [0.1, 0.15) is 11.5 Å². The maximum absolute atomic E-state index is 5.70. The zero-order chi connectivity index (χ0) is 14.7. The first-order valence-corrected chi connectivity index (χ1v) is 8.26. The third-order valence-electron chi connectivity index (χ3n) is 2.91. The van der Waals surface area contributed by atoms with Crippen molar-refractivity contribution in [1.29, 1.82) is 0 Å². The quantitative estimate of drug-likeness (QED) is 0.606. The van der Waals surface area contributed by atoms with E-state index in [1.54, 1.807) is 11.8 Å². The molecular weight excluding hydrogens is 348 g/mol. The molecule has 0 spiro atoms. The molecule has 3 rings (SSSR count). The largest absolute Gasteiger partial charge is 0.420 e. The molecule has 0 saturated heterocycles. The van der Waals surface area contributed by atoms with Crippen LogP contribution >= 0.6 is 27.7 Å². The van der Waals surface area contributed by atoms with Crippen molar-refractivity contribution in [3.63, 3.8) is 0 Å². The second-order valence-corrected chi connectivity index (χ2v) is 6.58. The summed E-state index contributed by atoms with van der Waals surface area (Å²) in [4.78, 5) is 1.21. The van der Waals surface area contributed by atoms with Gasteiger partial charge in [-0.15, -0.1) is 22.0 Å². The third kappa shape index (κ3) is 3.74. The van der Waals surface area contributed by atoms with Gasteiger partial charge in [-0.05, 0) is 43.3 Å². The monoisotopic (exact) mass is 360 g/mol. The van der Waals surface area contributed by atoms with Gasteiger partial charge in [0.05, 0.1) is 5.75 Å². The molecule has 3 aromatic rings. The van der Waals surface area contributed by atoms with Crippen molar-refractivity contribution in [2.24, 2.45) is 0 Å². The van der Waals surface area contributed by atoms with E-state index in [1.807, 2.05) is 24.3 Å². The molecule has 0 amide bonds. The standard InChI is InChI=1S/C16H13BrN2OS/c1-11-3-2-4-14(9-11)21-10-15-18-19-16(20-15)12-5-7-13(17)8-6-12/h2-9H,10H2,1H3. The molecule has 106 valence electrons. The first kappa shape index (κ1) is 14.4. The summed E-state index contributed by atoms with van der Waals surface area (Å²) in [5, 5.41) is 8.20. The van der Waals surface area contributed by atoms with E-state index in [4.69, 9.17) is 4.42 Å². The lowest BCUT2D eigenvalue weighted by molar-refractivity contribution is 0.528. The third-order valence-corrected chi connectivity index (χ3v) is 4.42. The van der Waals surface area contributed by atoms with Crippen LogP contribution in [0.2, 0.25) is 0 Å². The summed E-state index contributed by atoms with van der Waals surface area (Å²) >= 11 is 5.10. The molecule has 21 heavy (non-hydrogen) atoms. The Labute approximate surface area is 135 Å². The Morgan fingerprint density at radius 3 is 2.67 bits per heavy atom. The van der Waals surface area contributed by atoms with E-state index >= 15 is 0 Å². The normalized spacial score (nSPS) is 10.8. The number of aryl methyl sites for hydroxylation is 1. The molecule has 0 N–H and O–H groups in total. The van der Waals surface area contributed by atoms with Crippen molar-refractivity contribution in [2.75, 3.05) is 0 Å². The fourth-order valence-electron chi connectivity index (χ4n) is 1.87. The first-order valence-electron chi connectivity index (χ1n) is 6.48. The molecular formula is C16H13BrN2OS. The average molecular weight is 361 g/mol. The average Bonchev–Trinajstić information content (AvgIpc) is 2.95. The highest BCUT2D eigenvalue weighted by Gasteiger charge is 2.08. The van der Waals surface area contributed by atoms with Crippen LogP contribution in [0.5, 0.6) is 0 Å². The number of hydrogen-bond acceptors (Lipinski definition) is 4. The molecule has 0 radical (unpaired) electrons. The highest BCUT2D eigenvalue weighted by Crippen LogP contribution is 2.25. The van der Waals surface area contributed by atoms with Gasteiger partial charge in [0.15, 0.2) is 0 Å². The topological polar surface area (TPSA) is 38.9 Å². The second kappa shape index (κ2) is 6.45. The molecule has 1 aromatic heterocycles. The van der Waals surface area contributed by atoms with Crippen LogP contribution in [0, 0.1) is 6.92 Å². The predicted octanol–water partition coefficient (Wildman–Crippen LogP) is 5.10. The van der Waals surface area contributed by atoms with Gasteiger partial charge in [-0.1, -0.05) is 33.6 Å². The van der Waals surface area contributed by atoms with E-state index in [9.17, 15) is 0 Å². The van der Waals surface area contributed by atoms with Crippen LogP contribution < -0.4 is 0 Å². The lowest BCUT2D eigenvalue weighted by Crippen LogP contribution is -1.81. The highest BCUT2D eigenvalue weighted by atomic mass is 79.9. The molecule has 0 unspecified atom stereocenters. The number of nitrogens with zero attached hydrogens (tertiary/aromatic N) is 2. The van der Waals surface area contributed by atoms with E-state index in [1.165, 1.54) is 10.5 Å². The van der Waals surface area contributed by atoms with E-state index in [0.29, 0.717) is 17.5 Å². The minimum Gasteiger partial charge on any atom is -0.420 e. The fraction of sp³-hybridized carbons (Fsp3) is 0.125. The van der Waals surface area contributed by atoms with Gasteiger partial charge in [0.2, 0.25) is 11.8 Å². The Balaban J connectivity index is 1.69. The molecule has 5 heteroatoms. The summed E-state index contributed by atoms with van der Waals surface area (Å²) < 4.78 is 6.73. The van der Waals surface area contributed by atoms with Gasteiger partial charge in [-0.3, -0.25) is 0 Å². The van der Waals surface area contributed by atoms with E-state index in [0.717, 1.165) is 10.0 Å². The molecule has 2 aromatic carbocycles. The summed E-state index contributed by atoms with van der Waals surface area (Å²) in [6, 6.07) is 16.2. The highest BCUT2D eigenvalue weighted by molar-refractivity contribution is 9.10. The molecule has 1 heterocycles. The first-order chi connectivity index (χ1) is 10.2. The summed E-state index contributed by atoms with van der Waals surface area (Å²) in [6.45, 7) is 2.09. The van der Waals surface area contributed by atoms with E-state index in [-0.39, 0.29) is 0 Å². The van der Waals surface area contributed by atoms with Crippen molar-refractivity contribution in [3.05, 3.63) is 64.5 Å². The number of halogens is 1. The number of aromatic nitrogens is 2. The fourth-order valence-corrected chi connectivity index (χ4v) is 2.99. The van der Waals surface area contributed by atoms with Crippen molar-refractivity contribution >= 4 is 27.7 Å². The maximum Gasteiger partial charge on any atom is 0.247 e. The van der Waals surface area contributed by atoms with Crippen LogP contribution in [-0.2, 0) is 5.75 Å². The van der Waals surface area contributed by atoms with Crippen molar-refractivity contribution in [3.8, 4) is 11.5 Å². The number of thioether (sulfide) groups is 1. The van der Waals surface area contributed by atoms with Gasteiger partial charge >= 0.3 is 0 Å². The minimum atomic E-state index is 0.558.